The van der Waals surface area contributed by atoms with Crippen LogP contribution in [0.4, 0.5) is 35.1 Å². The maximum Gasteiger partial charge on any atom is 0.297 e. The van der Waals surface area contributed by atoms with Crippen LogP contribution in [0.5, 0.6) is 0 Å². The minimum Gasteiger partial charge on any atom is -0.355 e. The molecular weight excluding hydrogens is 1060 g/mol. The molecule has 4 aromatic carbocycles. The lowest BCUT2D eigenvalue weighted by Gasteiger charge is -2.17. The Labute approximate surface area is 398 Å². The number of halogens is 8. The van der Waals surface area contributed by atoms with Gasteiger partial charge in [0.2, 0.25) is 0 Å². The van der Waals surface area contributed by atoms with Crippen LogP contribution in [-0.2, 0) is 40.5 Å². The molecule has 370 valence electrons. The van der Waals surface area contributed by atoms with Crippen molar-refractivity contribution in [1.82, 2.24) is 19.9 Å². The fourth-order valence-electron chi connectivity index (χ4n) is 8.06. The topological polar surface area (TPSA) is 275 Å². The number of hydrogen-bond donors (Lipinski definition) is 6. The van der Waals surface area contributed by atoms with E-state index in [1.54, 1.807) is 0 Å². The molecule has 3 aromatic heterocycles. The minimum atomic E-state index is -5.83. The second-order valence-electron chi connectivity index (χ2n) is 15.4. The second kappa shape index (κ2) is 17.1. The fourth-order valence-corrected chi connectivity index (χ4v) is 10.3. The van der Waals surface area contributed by atoms with Gasteiger partial charge in [0.25, 0.3) is 40.5 Å². The summed E-state index contributed by atoms with van der Waals surface area (Å²) < 4.78 is 275. The summed E-state index contributed by atoms with van der Waals surface area (Å²) in [5.41, 5.74) is -16.4. The van der Waals surface area contributed by atoms with Gasteiger partial charge in [0.15, 0.2) is 23.3 Å². The summed E-state index contributed by atoms with van der Waals surface area (Å²) in [4.78, 5) is 6.98. The number of hydrogen-bond acceptors (Lipinski definition) is 10. The molecule has 0 spiro atoms. The maximum atomic E-state index is 17.3. The fraction of sp³-hybridized carbons (Fsp3) is 0. The molecule has 0 radical (unpaired) electrons. The number of nitrogens with zero attached hydrogens (tertiary/aromatic N) is 2. The Balaban J connectivity index is 1.70. The molecule has 0 aliphatic carbocycles. The molecular formula is C44H22F8N4O12S4. The number of aromatic nitrogens is 4. The first-order valence-electron chi connectivity index (χ1n) is 19.6. The van der Waals surface area contributed by atoms with Crippen LogP contribution in [0.25, 0.3) is 79.2 Å². The van der Waals surface area contributed by atoms with Crippen molar-refractivity contribution in [3.63, 3.8) is 0 Å². The highest BCUT2D eigenvalue weighted by atomic mass is 32.2. The number of rotatable bonds is 8. The zero-order chi connectivity index (χ0) is 52.3. The number of aromatic amines is 2. The average molecular weight is 1080 g/mol. The zero-order valence-electron chi connectivity index (χ0n) is 34.8. The van der Waals surface area contributed by atoms with Crippen LogP contribution in [0.1, 0.15) is 28.3 Å². The number of benzene rings is 4. The first kappa shape index (κ1) is 49.5. The summed E-state index contributed by atoms with van der Waals surface area (Å²) in [5.74, 6) is -16.7. The third-order valence-corrected chi connectivity index (χ3v) is 14.5. The lowest BCUT2D eigenvalue weighted by atomic mass is 9.89. The van der Waals surface area contributed by atoms with Crippen molar-refractivity contribution in [1.29, 1.82) is 0 Å². The standard InChI is InChI=1S/C44H22F8N4O12S4/c45-23-5-9-28(69(57,58)59)39(49)32(23)22-15-21-14-19-2-1-17(53-19)13-18-3-4-20(54-18)16-27-36(33-24(46)6-10-29(40(33)50)70(60,61)62)37(34-25(47)7-11-30(41(34)51)71(63,64)65)44(56-27)38(43(22)55-21)35-26(48)8-12-31(42(35)52)72(66,67)68/h1-16,53,56H,(H,57,58,59)(H,60,61,62)(H,63,64,65)(H,66,67,68). The molecule has 0 saturated heterocycles. The summed E-state index contributed by atoms with van der Waals surface area (Å²) in [7, 11) is -23.0. The molecule has 28 heteroatoms. The monoisotopic (exact) mass is 1080 g/mol. The van der Waals surface area contributed by atoms with Crippen LogP contribution in [0.15, 0.2) is 98.4 Å². The molecule has 72 heavy (non-hydrogen) atoms. The van der Waals surface area contributed by atoms with Gasteiger partial charge in [0, 0.05) is 38.8 Å². The summed E-state index contributed by atoms with van der Waals surface area (Å²) in [6.07, 6.45) is 3.27. The van der Waals surface area contributed by atoms with E-state index in [2.05, 4.69) is 19.9 Å². The van der Waals surface area contributed by atoms with Crippen molar-refractivity contribution in [2.45, 2.75) is 19.6 Å². The molecule has 2 aliphatic heterocycles. The van der Waals surface area contributed by atoms with E-state index >= 15 is 35.1 Å². The van der Waals surface area contributed by atoms with E-state index in [4.69, 9.17) is 0 Å². The van der Waals surface area contributed by atoms with Gasteiger partial charge in [-0.05, 0) is 97.1 Å². The van der Waals surface area contributed by atoms with Crippen LogP contribution in [0, 0.1) is 46.5 Å². The second-order valence-corrected chi connectivity index (χ2v) is 21.0. The molecule has 7 aromatic rings. The molecule has 5 heterocycles. The quantitative estimate of drug-likeness (QED) is 0.0612. The summed E-state index contributed by atoms with van der Waals surface area (Å²) in [6, 6.07) is 7.73. The van der Waals surface area contributed by atoms with Crippen molar-refractivity contribution in [2.24, 2.45) is 0 Å². The Morgan fingerprint density at radius 1 is 0.389 bits per heavy atom. The van der Waals surface area contributed by atoms with Crippen molar-refractivity contribution >= 4 is 86.3 Å². The van der Waals surface area contributed by atoms with E-state index in [1.165, 1.54) is 30.4 Å². The normalized spacial score (nSPS) is 13.2. The molecule has 0 unspecified atom stereocenters. The summed E-state index contributed by atoms with van der Waals surface area (Å²) >= 11 is 0. The number of fused-ring (bicyclic) bond motifs is 8. The Morgan fingerprint density at radius 3 is 1.21 bits per heavy atom. The third kappa shape index (κ3) is 8.55. The van der Waals surface area contributed by atoms with E-state index in [0.717, 1.165) is 12.1 Å². The molecule has 0 amide bonds. The van der Waals surface area contributed by atoms with Gasteiger partial charge in [-0.2, -0.15) is 33.7 Å². The van der Waals surface area contributed by atoms with Gasteiger partial charge in [-0.1, -0.05) is 0 Å². The smallest absolute Gasteiger partial charge is 0.297 e. The van der Waals surface area contributed by atoms with Gasteiger partial charge in [0.1, 0.15) is 42.9 Å². The first-order valence-corrected chi connectivity index (χ1v) is 25.3. The predicted molar refractivity (Wildman–Crippen MR) is 239 cm³/mol. The molecule has 0 fully saturated rings. The van der Waals surface area contributed by atoms with Crippen molar-refractivity contribution in [3.05, 3.63) is 154 Å². The number of nitrogens with one attached hydrogen (secondary N) is 2. The predicted octanol–water partition coefficient (Wildman–Crippen LogP) is 9.17. The Bertz CT molecular complexity index is 4330. The average Bonchev–Trinajstić information content (AvgIpc) is 4.06. The lowest BCUT2D eigenvalue weighted by Crippen LogP contribution is -2.08. The third-order valence-electron chi connectivity index (χ3n) is 11.0. The van der Waals surface area contributed by atoms with Crippen LogP contribution in [-0.4, -0.2) is 71.8 Å². The molecule has 6 N–H and O–H groups in total. The van der Waals surface area contributed by atoms with Crippen LogP contribution >= 0.6 is 0 Å². The highest BCUT2D eigenvalue weighted by molar-refractivity contribution is 7.86. The van der Waals surface area contributed by atoms with Crippen LogP contribution in [0.3, 0.4) is 0 Å². The first-order chi connectivity index (χ1) is 33.5. The molecule has 2 aliphatic rings. The lowest BCUT2D eigenvalue weighted by molar-refractivity contribution is 0.468. The van der Waals surface area contributed by atoms with E-state index < -0.39 is 174 Å². The minimum absolute atomic E-state index is 0.0724. The molecule has 0 saturated carbocycles. The molecule has 8 bridgehead atoms. The molecule has 0 atom stereocenters. The maximum absolute atomic E-state index is 17.3. The summed E-state index contributed by atoms with van der Waals surface area (Å²) in [5, 5.41) is 0. The van der Waals surface area contributed by atoms with E-state index in [9.17, 15) is 51.9 Å². The summed E-state index contributed by atoms with van der Waals surface area (Å²) in [6.45, 7) is 0. The zero-order valence-corrected chi connectivity index (χ0v) is 38.1. The van der Waals surface area contributed by atoms with Crippen molar-refractivity contribution < 1.29 is 87.0 Å². The number of H-pyrrole nitrogens is 2. The Hall–Kier alpha value is -7.44. The van der Waals surface area contributed by atoms with Crippen molar-refractivity contribution in [3.8, 4) is 33.4 Å². The van der Waals surface area contributed by atoms with Gasteiger partial charge in [-0.15, -0.1) is 0 Å². The highest BCUT2D eigenvalue weighted by Gasteiger charge is 2.37. The van der Waals surface area contributed by atoms with Gasteiger partial charge < -0.3 is 9.97 Å². The highest BCUT2D eigenvalue weighted by Crippen LogP contribution is 2.50. The van der Waals surface area contributed by atoms with E-state index in [-0.39, 0.29) is 71.0 Å². The van der Waals surface area contributed by atoms with Crippen LogP contribution < -0.4 is 0 Å². The van der Waals surface area contributed by atoms with Gasteiger partial charge >= 0.3 is 0 Å². The Morgan fingerprint density at radius 2 is 0.764 bits per heavy atom. The van der Waals surface area contributed by atoms with E-state index in [0.29, 0.717) is 6.08 Å². The largest absolute Gasteiger partial charge is 0.355 e. The SMILES string of the molecule is O=S(=O)(O)c1ccc(F)c(C2=Cc3cc4ccc(cc5nc(cc6[nH]c(c(-c7c(F)ccc(S(=O)(=O)O)c7F)c2n3)c(-c2c(F)ccc(S(=O)(=O)O)c2F)c6-c2c(F)ccc(S(=O)(=O)O)c2F)C=C5)[nH]4)c1F. The van der Waals surface area contributed by atoms with Gasteiger partial charge in [-0.25, -0.2) is 45.1 Å². The Kier molecular flexibility index (Phi) is 11.8. The molecule has 16 nitrogen and oxygen atoms in total. The van der Waals surface area contributed by atoms with Crippen LogP contribution in [0.2, 0.25) is 0 Å². The van der Waals surface area contributed by atoms with E-state index in [1.807, 2.05) is 0 Å². The van der Waals surface area contributed by atoms with Gasteiger partial charge in [-0.3, -0.25) is 18.2 Å². The molecule has 9 rings (SSSR count). The van der Waals surface area contributed by atoms with Gasteiger partial charge in [0.05, 0.1) is 50.5 Å². The van der Waals surface area contributed by atoms with Crippen molar-refractivity contribution in [2.75, 3.05) is 0 Å².